The molecule has 3 nitrogen and oxygen atoms in total. The molecule has 0 amide bonds. The summed E-state index contributed by atoms with van der Waals surface area (Å²) in [6.45, 7) is 10.9. The molecule has 0 saturated carbocycles. The maximum absolute atomic E-state index is 3.43. The Morgan fingerprint density at radius 2 is 1.95 bits per heavy atom. The summed E-state index contributed by atoms with van der Waals surface area (Å²) in [5.41, 5.74) is 0. The Balaban J connectivity index is 1.73. The van der Waals surface area contributed by atoms with Gasteiger partial charge in [0.2, 0.25) is 0 Å². The largest absolute Gasteiger partial charge is 0.317 e. The molecule has 0 aromatic heterocycles. The summed E-state index contributed by atoms with van der Waals surface area (Å²) in [7, 11) is 2.09. The fourth-order valence-electron chi connectivity index (χ4n) is 3.13. The van der Waals surface area contributed by atoms with Crippen LogP contribution in [0.5, 0.6) is 0 Å². The molecule has 0 spiro atoms. The van der Waals surface area contributed by atoms with Gasteiger partial charge in [-0.15, -0.1) is 0 Å². The summed E-state index contributed by atoms with van der Waals surface area (Å²) < 4.78 is 0. The van der Waals surface area contributed by atoms with Crippen molar-refractivity contribution in [2.75, 3.05) is 39.8 Å². The van der Waals surface area contributed by atoms with Gasteiger partial charge >= 0.3 is 0 Å². The maximum Gasteiger partial charge on any atom is 0.0294 e. The van der Waals surface area contributed by atoms with Crippen LogP contribution in [-0.4, -0.2) is 61.7 Å². The van der Waals surface area contributed by atoms with Crippen LogP contribution in [-0.2, 0) is 0 Å². The van der Waals surface area contributed by atoms with Gasteiger partial charge in [0.15, 0.2) is 0 Å². The lowest BCUT2D eigenvalue weighted by atomic mass is 9.96. The predicted molar refractivity (Wildman–Crippen MR) is 82.5 cm³/mol. The van der Waals surface area contributed by atoms with E-state index >= 15 is 0 Å². The van der Waals surface area contributed by atoms with Crippen molar-refractivity contribution in [1.29, 1.82) is 0 Å². The van der Waals surface area contributed by atoms with Crippen LogP contribution in [0.1, 0.15) is 33.1 Å². The fourth-order valence-corrected chi connectivity index (χ4v) is 3.13. The Morgan fingerprint density at radius 3 is 2.58 bits per heavy atom. The van der Waals surface area contributed by atoms with Crippen molar-refractivity contribution in [3.05, 3.63) is 12.2 Å². The number of hydrogen-bond acceptors (Lipinski definition) is 3. The Hall–Kier alpha value is -0.380. The van der Waals surface area contributed by atoms with Crippen LogP contribution >= 0.6 is 0 Å². The van der Waals surface area contributed by atoms with Crippen molar-refractivity contribution in [2.24, 2.45) is 5.92 Å². The fraction of sp³-hybridized carbons (Fsp3) is 0.875. The second-order valence-electron chi connectivity index (χ2n) is 6.51. The number of hydrogen-bond donors (Lipinski definition) is 1. The average Bonchev–Trinajstić information content (AvgIpc) is 2.45. The number of rotatable bonds is 5. The molecule has 2 aliphatic rings. The van der Waals surface area contributed by atoms with Crippen molar-refractivity contribution >= 4 is 0 Å². The predicted octanol–water partition coefficient (Wildman–Crippen LogP) is 1.96. The Kier molecular flexibility index (Phi) is 5.86. The van der Waals surface area contributed by atoms with Crippen molar-refractivity contribution in [3.8, 4) is 0 Å². The number of nitrogens with zero attached hydrogens (tertiary/aromatic N) is 2. The van der Waals surface area contributed by atoms with Crippen LogP contribution in [0.2, 0.25) is 0 Å². The van der Waals surface area contributed by atoms with Gasteiger partial charge in [0.25, 0.3) is 0 Å². The molecule has 2 rings (SSSR count). The van der Waals surface area contributed by atoms with E-state index in [1.165, 1.54) is 52.0 Å². The van der Waals surface area contributed by atoms with Crippen LogP contribution in [0.3, 0.4) is 0 Å². The summed E-state index contributed by atoms with van der Waals surface area (Å²) in [6, 6.07) is 1.34. The van der Waals surface area contributed by atoms with E-state index in [9.17, 15) is 0 Å². The van der Waals surface area contributed by atoms with Crippen LogP contribution in [0, 0.1) is 5.92 Å². The van der Waals surface area contributed by atoms with E-state index in [0.29, 0.717) is 12.1 Å². The first-order valence-corrected chi connectivity index (χ1v) is 7.99. The lowest BCUT2D eigenvalue weighted by molar-refractivity contribution is 0.0996. The van der Waals surface area contributed by atoms with Crippen molar-refractivity contribution in [3.63, 3.8) is 0 Å². The smallest absolute Gasteiger partial charge is 0.0294 e. The standard InChI is InChI=1S/C16H31N3/c1-14(2)7-8-18-9-11-19(12-10-18)16-6-4-5-15(13-16)17-3/h4,6,14-17H,5,7-13H2,1-3H3. The molecule has 1 aliphatic carbocycles. The minimum absolute atomic E-state index is 0.665. The highest BCUT2D eigenvalue weighted by atomic mass is 15.3. The third-order valence-corrected chi connectivity index (χ3v) is 4.61. The molecule has 19 heavy (non-hydrogen) atoms. The van der Waals surface area contributed by atoms with E-state index in [2.05, 4.69) is 48.2 Å². The molecule has 0 aromatic carbocycles. The molecule has 1 saturated heterocycles. The van der Waals surface area contributed by atoms with Crippen LogP contribution in [0.25, 0.3) is 0 Å². The summed E-state index contributed by atoms with van der Waals surface area (Å²) in [6.07, 6.45) is 8.60. The normalized spacial score (nSPS) is 30.1. The molecule has 1 aliphatic heterocycles. The number of nitrogens with one attached hydrogen (secondary N) is 1. The van der Waals surface area contributed by atoms with E-state index < -0.39 is 0 Å². The molecule has 0 radical (unpaired) electrons. The molecule has 2 atom stereocenters. The highest BCUT2D eigenvalue weighted by Crippen LogP contribution is 2.19. The van der Waals surface area contributed by atoms with Crippen LogP contribution in [0.15, 0.2) is 12.2 Å². The molecule has 1 heterocycles. The second kappa shape index (κ2) is 7.41. The average molecular weight is 265 g/mol. The van der Waals surface area contributed by atoms with Crippen molar-refractivity contribution < 1.29 is 0 Å². The van der Waals surface area contributed by atoms with Crippen LogP contribution in [0.4, 0.5) is 0 Å². The summed E-state index contributed by atoms with van der Waals surface area (Å²) in [5.74, 6) is 0.829. The van der Waals surface area contributed by atoms with Gasteiger partial charge < -0.3 is 10.2 Å². The Morgan fingerprint density at radius 1 is 1.21 bits per heavy atom. The molecule has 0 bridgehead atoms. The van der Waals surface area contributed by atoms with E-state index in [0.717, 1.165) is 5.92 Å². The van der Waals surface area contributed by atoms with E-state index in [-0.39, 0.29) is 0 Å². The van der Waals surface area contributed by atoms with Crippen LogP contribution < -0.4 is 5.32 Å². The van der Waals surface area contributed by atoms with Gasteiger partial charge in [0.1, 0.15) is 0 Å². The van der Waals surface area contributed by atoms with E-state index in [4.69, 9.17) is 0 Å². The lowest BCUT2D eigenvalue weighted by Gasteiger charge is -2.40. The second-order valence-corrected chi connectivity index (χ2v) is 6.51. The molecule has 2 unspecified atom stereocenters. The quantitative estimate of drug-likeness (QED) is 0.767. The van der Waals surface area contributed by atoms with Crippen molar-refractivity contribution in [1.82, 2.24) is 15.1 Å². The first kappa shape index (κ1) is 15.0. The molecule has 1 fully saturated rings. The summed E-state index contributed by atoms with van der Waals surface area (Å²) >= 11 is 0. The first-order valence-electron chi connectivity index (χ1n) is 7.99. The monoisotopic (exact) mass is 265 g/mol. The third kappa shape index (κ3) is 4.59. The van der Waals surface area contributed by atoms with E-state index in [1.807, 2.05) is 0 Å². The molecule has 3 heteroatoms. The molecule has 1 N–H and O–H groups in total. The Labute approximate surface area is 119 Å². The zero-order chi connectivity index (χ0) is 13.7. The topological polar surface area (TPSA) is 18.5 Å². The van der Waals surface area contributed by atoms with E-state index in [1.54, 1.807) is 0 Å². The van der Waals surface area contributed by atoms with Gasteiger partial charge in [-0.05, 0) is 38.8 Å². The highest BCUT2D eigenvalue weighted by Gasteiger charge is 2.25. The maximum atomic E-state index is 3.43. The molecular weight excluding hydrogens is 234 g/mol. The minimum atomic E-state index is 0.665. The summed E-state index contributed by atoms with van der Waals surface area (Å²) in [5, 5.41) is 3.43. The highest BCUT2D eigenvalue weighted by molar-refractivity contribution is 5.03. The van der Waals surface area contributed by atoms with Crippen molar-refractivity contribution in [2.45, 2.75) is 45.2 Å². The lowest BCUT2D eigenvalue weighted by Crippen LogP contribution is -2.51. The zero-order valence-electron chi connectivity index (χ0n) is 12.9. The third-order valence-electron chi connectivity index (χ3n) is 4.61. The van der Waals surface area contributed by atoms with Gasteiger partial charge in [-0.3, -0.25) is 4.90 Å². The summed E-state index contributed by atoms with van der Waals surface area (Å²) in [4.78, 5) is 5.31. The van der Waals surface area contributed by atoms with Gasteiger partial charge in [0, 0.05) is 38.3 Å². The Bertz CT molecular complexity index is 280. The molecule has 110 valence electrons. The van der Waals surface area contributed by atoms with Gasteiger partial charge in [0.05, 0.1) is 0 Å². The molecule has 0 aromatic rings. The van der Waals surface area contributed by atoms with Gasteiger partial charge in [-0.2, -0.15) is 0 Å². The first-order chi connectivity index (χ1) is 9.19. The van der Waals surface area contributed by atoms with Gasteiger partial charge in [-0.1, -0.05) is 26.0 Å². The molecular formula is C16H31N3. The number of piperazine rings is 1. The SMILES string of the molecule is CNC1CC=CC(N2CCN(CCC(C)C)CC2)C1. The zero-order valence-corrected chi connectivity index (χ0v) is 12.9. The minimum Gasteiger partial charge on any atom is -0.317 e. The van der Waals surface area contributed by atoms with Gasteiger partial charge in [-0.25, -0.2) is 0 Å².